The first-order chi connectivity index (χ1) is 12.5. The van der Waals surface area contributed by atoms with Crippen molar-refractivity contribution < 1.29 is 9.21 Å². The van der Waals surface area contributed by atoms with E-state index in [9.17, 15) is 9.59 Å². The van der Waals surface area contributed by atoms with E-state index in [2.05, 4.69) is 26.2 Å². The summed E-state index contributed by atoms with van der Waals surface area (Å²) in [5.41, 5.74) is 1.74. The van der Waals surface area contributed by atoms with Gasteiger partial charge in [0.1, 0.15) is 11.4 Å². The van der Waals surface area contributed by atoms with Gasteiger partial charge in [0, 0.05) is 9.86 Å². The van der Waals surface area contributed by atoms with Crippen molar-refractivity contribution in [2.24, 2.45) is 0 Å². The molecule has 0 radical (unpaired) electrons. The number of nitrogens with one attached hydrogen (secondary N) is 1. The minimum absolute atomic E-state index is 0.281. The molecular weight excluding hydrogens is 396 g/mol. The Kier molecular flexibility index (Phi) is 4.05. The minimum atomic E-state index is -0.438. The number of carbonyl (C=O) groups is 1. The Morgan fingerprint density at radius 3 is 2.65 bits per heavy atom. The van der Waals surface area contributed by atoms with Crippen LogP contribution in [0, 0.1) is 6.92 Å². The van der Waals surface area contributed by atoms with Crippen molar-refractivity contribution >= 4 is 49.5 Å². The van der Waals surface area contributed by atoms with E-state index in [-0.39, 0.29) is 5.91 Å². The van der Waals surface area contributed by atoms with Crippen LogP contribution >= 0.6 is 15.9 Å². The van der Waals surface area contributed by atoms with Crippen LogP contribution in [0.5, 0.6) is 0 Å². The Hall–Kier alpha value is -2.99. The Morgan fingerprint density at radius 1 is 1.12 bits per heavy atom. The summed E-state index contributed by atoms with van der Waals surface area (Å²) in [7, 11) is 0. The molecule has 0 spiro atoms. The largest absolute Gasteiger partial charge is 0.422 e. The second-order valence-electron chi connectivity index (χ2n) is 5.87. The molecule has 0 atom stereocenters. The standard InChI is InChI=1S/C20H13BrN2O3/c1-11-10-16(23-19(24)12-6-2-4-8-14(12)21)22-18-13-7-3-5-9-15(13)26-20(25)17(11)18/h2-10H,1H3,(H,22,23,24). The minimum Gasteiger partial charge on any atom is -0.422 e. The molecule has 2 aromatic carbocycles. The lowest BCUT2D eigenvalue weighted by Gasteiger charge is -2.10. The monoisotopic (exact) mass is 408 g/mol. The molecule has 1 N–H and O–H groups in total. The van der Waals surface area contributed by atoms with Crippen molar-refractivity contribution in [1.82, 2.24) is 4.98 Å². The highest BCUT2D eigenvalue weighted by Gasteiger charge is 2.15. The van der Waals surface area contributed by atoms with Crippen LogP contribution in [0.25, 0.3) is 21.9 Å². The van der Waals surface area contributed by atoms with Gasteiger partial charge in [0.05, 0.1) is 16.5 Å². The van der Waals surface area contributed by atoms with Gasteiger partial charge in [-0.05, 0) is 58.7 Å². The van der Waals surface area contributed by atoms with E-state index in [0.29, 0.717) is 37.9 Å². The summed E-state index contributed by atoms with van der Waals surface area (Å²) in [6.07, 6.45) is 0. The highest BCUT2D eigenvalue weighted by molar-refractivity contribution is 9.10. The van der Waals surface area contributed by atoms with Gasteiger partial charge in [-0.1, -0.05) is 24.3 Å². The molecule has 0 aliphatic heterocycles. The SMILES string of the molecule is Cc1cc(NC(=O)c2ccccc2Br)nc2c1c(=O)oc1ccccc12. The fraction of sp³-hybridized carbons (Fsp3) is 0.0500. The predicted molar refractivity (Wildman–Crippen MR) is 105 cm³/mol. The summed E-state index contributed by atoms with van der Waals surface area (Å²) < 4.78 is 6.07. The van der Waals surface area contributed by atoms with Crippen molar-refractivity contribution in [3.05, 3.63) is 80.6 Å². The number of hydrogen-bond donors (Lipinski definition) is 1. The fourth-order valence-electron chi connectivity index (χ4n) is 2.92. The smallest absolute Gasteiger partial charge is 0.346 e. The molecule has 4 aromatic rings. The molecule has 0 saturated carbocycles. The Morgan fingerprint density at radius 2 is 1.85 bits per heavy atom. The van der Waals surface area contributed by atoms with Crippen molar-refractivity contribution in [2.45, 2.75) is 6.92 Å². The predicted octanol–water partition coefficient (Wildman–Crippen LogP) is 4.66. The maximum atomic E-state index is 12.6. The van der Waals surface area contributed by atoms with Crippen LogP contribution in [0.2, 0.25) is 0 Å². The molecule has 2 heterocycles. The third kappa shape index (κ3) is 2.78. The van der Waals surface area contributed by atoms with Crippen molar-refractivity contribution in [1.29, 1.82) is 0 Å². The van der Waals surface area contributed by atoms with Gasteiger partial charge in [-0.2, -0.15) is 0 Å². The molecule has 0 aliphatic rings. The van der Waals surface area contributed by atoms with Gasteiger partial charge in [-0.3, -0.25) is 4.79 Å². The maximum Gasteiger partial charge on any atom is 0.346 e. The highest BCUT2D eigenvalue weighted by atomic mass is 79.9. The fourth-order valence-corrected chi connectivity index (χ4v) is 3.39. The zero-order valence-electron chi connectivity index (χ0n) is 13.7. The number of anilines is 1. The molecule has 2 aromatic heterocycles. The number of benzene rings is 2. The average Bonchev–Trinajstić information content (AvgIpc) is 2.61. The molecule has 6 heteroatoms. The topological polar surface area (TPSA) is 72.2 Å². The molecule has 26 heavy (non-hydrogen) atoms. The van der Waals surface area contributed by atoms with Crippen molar-refractivity contribution in [3.8, 4) is 0 Å². The van der Waals surface area contributed by atoms with E-state index in [0.717, 1.165) is 5.39 Å². The average molecular weight is 409 g/mol. The molecule has 128 valence electrons. The Bertz CT molecular complexity index is 1230. The van der Waals surface area contributed by atoms with Gasteiger partial charge < -0.3 is 9.73 Å². The van der Waals surface area contributed by atoms with E-state index in [1.54, 1.807) is 43.3 Å². The first-order valence-corrected chi connectivity index (χ1v) is 8.73. The second-order valence-corrected chi connectivity index (χ2v) is 6.72. The normalized spacial score (nSPS) is 11.0. The number of rotatable bonds is 2. The van der Waals surface area contributed by atoms with E-state index in [4.69, 9.17) is 4.42 Å². The Balaban J connectivity index is 1.87. The van der Waals surface area contributed by atoms with Crippen LogP contribution < -0.4 is 10.9 Å². The van der Waals surface area contributed by atoms with Crippen LogP contribution in [0.1, 0.15) is 15.9 Å². The zero-order chi connectivity index (χ0) is 18.3. The third-order valence-corrected chi connectivity index (χ3v) is 4.82. The molecule has 0 fully saturated rings. The van der Waals surface area contributed by atoms with Crippen LogP contribution in [-0.4, -0.2) is 10.9 Å². The summed E-state index contributed by atoms with van der Waals surface area (Å²) in [6, 6.07) is 16.0. The number of pyridine rings is 1. The summed E-state index contributed by atoms with van der Waals surface area (Å²) >= 11 is 3.37. The molecular formula is C20H13BrN2O3. The zero-order valence-corrected chi connectivity index (χ0v) is 15.3. The van der Waals surface area contributed by atoms with Crippen LogP contribution in [0.3, 0.4) is 0 Å². The summed E-state index contributed by atoms with van der Waals surface area (Å²) in [4.78, 5) is 29.4. The molecule has 5 nitrogen and oxygen atoms in total. The van der Waals surface area contributed by atoms with Gasteiger partial charge in [0.2, 0.25) is 0 Å². The lowest BCUT2D eigenvalue weighted by molar-refractivity contribution is 0.102. The molecule has 0 aliphatic carbocycles. The second kappa shape index (κ2) is 6.38. The van der Waals surface area contributed by atoms with E-state index < -0.39 is 5.63 Å². The van der Waals surface area contributed by atoms with Crippen molar-refractivity contribution in [2.75, 3.05) is 5.32 Å². The van der Waals surface area contributed by atoms with Crippen LogP contribution in [0.15, 0.2) is 68.3 Å². The highest BCUT2D eigenvalue weighted by Crippen LogP contribution is 2.25. The van der Waals surface area contributed by atoms with Gasteiger partial charge in [-0.25, -0.2) is 9.78 Å². The maximum absolute atomic E-state index is 12.6. The van der Waals surface area contributed by atoms with Crippen molar-refractivity contribution in [3.63, 3.8) is 0 Å². The number of halogens is 1. The lowest BCUT2D eigenvalue weighted by atomic mass is 10.1. The molecule has 1 amide bonds. The number of nitrogens with zero attached hydrogens (tertiary/aromatic N) is 1. The number of hydrogen-bond acceptors (Lipinski definition) is 4. The van der Waals surface area contributed by atoms with Crippen LogP contribution in [-0.2, 0) is 0 Å². The molecule has 0 saturated heterocycles. The number of para-hydroxylation sites is 1. The van der Waals surface area contributed by atoms with E-state index in [1.165, 1.54) is 0 Å². The lowest BCUT2D eigenvalue weighted by Crippen LogP contribution is -2.14. The van der Waals surface area contributed by atoms with Gasteiger partial charge >= 0.3 is 5.63 Å². The quantitative estimate of drug-likeness (QED) is 0.386. The van der Waals surface area contributed by atoms with Gasteiger partial charge in [0.15, 0.2) is 0 Å². The molecule has 0 unspecified atom stereocenters. The van der Waals surface area contributed by atoms with E-state index in [1.807, 2.05) is 18.2 Å². The first kappa shape index (κ1) is 16.5. The number of carbonyl (C=O) groups excluding carboxylic acids is 1. The van der Waals surface area contributed by atoms with Gasteiger partial charge in [0.25, 0.3) is 5.91 Å². The van der Waals surface area contributed by atoms with E-state index >= 15 is 0 Å². The summed E-state index contributed by atoms with van der Waals surface area (Å²) in [6.45, 7) is 1.80. The number of aryl methyl sites for hydroxylation is 1. The van der Waals surface area contributed by atoms with Crippen LogP contribution in [0.4, 0.5) is 5.82 Å². The molecule has 4 rings (SSSR count). The number of amides is 1. The number of aromatic nitrogens is 1. The summed E-state index contributed by atoms with van der Waals surface area (Å²) in [5, 5.41) is 3.95. The Labute approximate surface area is 156 Å². The van der Waals surface area contributed by atoms with Gasteiger partial charge in [-0.15, -0.1) is 0 Å². The summed E-state index contributed by atoms with van der Waals surface area (Å²) in [5.74, 6) is 0.0995. The number of fused-ring (bicyclic) bond motifs is 3. The third-order valence-electron chi connectivity index (χ3n) is 4.13. The first-order valence-electron chi connectivity index (χ1n) is 7.93. The molecule has 0 bridgehead atoms.